The first kappa shape index (κ1) is 59.6. The molecule has 0 radical (unpaired) electrons. The number of anilines is 2. The summed E-state index contributed by atoms with van der Waals surface area (Å²) < 4.78 is 60.0. The van der Waals surface area contributed by atoms with E-state index < -0.39 is 94.1 Å². The number of aromatic nitrogens is 4. The number of nitrogens with zero attached hydrogens (tertiary/aromatic N) is 4. The number of hydrogen-bond donors (Lipinski definition) is 10. The second kappa shape index (κ2) is 25.7. The van der Waals surface area contributed by atoms with Crippen LogP contribution in [0.3, 0.4) is 0 Å². The van der Waals surface area contributed by atoms with E-state index in [0.717, 1.165) is 16.5 Å². The number of nitrogens with one attached hydrogen (secondary N) is 2. The molecule has 21 nitrogen and oxygen atoms in total. The van der Waals surface area contributed by atoms with Gasteiger partial charge >= 0.3 is 15.2 Å². The van der Waals surface area contributed by atoms with Crippen molar-refractivity contribution in [2.75, 3.05) is 35.7 Å². The first-order chi connectivity index (χ1) is 34.2. The van der Waals surface area contributed by atoms with Crippen molar-refractivity contribution in [3.05, 3.63) is 130 Å². The lowest BCUT2D eigenvalue weighted by molar-refractivity contribution is -0.0224. The number of ether oxygens (including phenoxy) is 2. The van der Waals surface area contributed by atoms with E-state index in [-0.39, 0.29) is 17.2 Å². The van der Waals surface area contributed by atoms with Crippen molar-refractivity contribution in [1.82, 2.24) is 19.9 Å². The summed E-state index contributed by atoms with van der Waals surface area (Å²) in [5.41, 5.74) is 3.94. The average molecular weight is 1210 g/mol. The van der Waals surface area contributed by atoms with Crippen molar-refractivity contribution in [1.29, 1.82) is 0 Å². The van der Waals surface area contributed by atoms with Crippen molar-refractivity contribution in [3.63, 3.8) is 0 Å². The summed E-state index contributed by atoms with van der Waals surface area (Å²) in [5, 5.41) is 58.7. The van der Waals surface area contributed by atoms with Gasteiger partial charge in [0, 0.05) is 35.0 Å². The molecule has 10 N–H and O–H groups in total. The number of aliphatic hydroxyl groups excluding tert-OH is 5. The van der Waals surface area contributed by atoms with Gasteiger partial charge < -0.3 is 64.8 Å². The molecule has 9 atom stereocenters. The van der Waals surface area contributed by atoms with Crippen LogP contribution in [0.2, 0.25) is 10.6 Å². The molecule has 31 heteroatoms. The summed E-state index contributed by atoms with van der Waals surface area (Å²) in [6.07, 6.45) is -9.40. The predicted molar refractivity (Wildman–Crippen MR) is 279 cm³/mol. The van der Waals surface area contributed by atoms with Gasteiger partial charge in [0.05, 0.1) is 24.2 Å². The van der Waals surface area contributed by atoms with Gasteiger partial charge in [-0.1, -0.05) is 84.9 Å². The lowest BCUT2D eigenvalue weighted by atomic mass is 9.99. The van der Waals surface area contributed by atoms with Crippen LogP contribution in [0.25, 0.3) is 21.8 Å². The fourth-order valence-corrected chi connectivity index (χ4v) is 19.4. The molecule has 0 aliphatic carbocycles. The van der Waals surface area contributed by atoms with Crippen LogP contribution >= 0.6 is 95.1 Å². The van der Waals surface area contributed by atoms with Crippen LogP contribution in [0.5, 0.6) is 0 Å². The SMILES string of the molecule is O=P(Cl)(Cl)CP(=O)(Cl)Cl.O=P(O)(O)CP(=O)(O)OC[C@H]1O[C@@H](c2cccc3c(NCc4ccccc4)nc(Cl)nc23)[C@H](O)[C@@H]1O.OC[C@H]1O[C@@H](c2cccc3c(NCc4ccccc4)nc(Cl)nc23)[C@H](O)[C@@H]1O. The zero-order chi connectivity index (χ0) is 53.5. The standard InChI is InChI=1S/C21H24ClN3O9P2.C20H20ClN3O4.CH2Cl4O2P2/c22-21-24-16-13(7-4-8-14(16)20(25-21)23-9-12-5-2-1-3-6-12)19-18(27)17(26)15(34-19)10-33-36(31,32)11-35(28,29)30;21-20-23-15-12(18-17(27)16(26)14(10-25)28-18)7-4-8-13(15)19(24-20)22-9-11-5-2-1-3-6-11;2-8(3,6)1-9(4,5)7/h1-8,15,17-19,26-27H,9-11H2,(H,31,32)(H,23,24,25)(H2,28,29,30);1-8,14,16-18,25-27H,9-10H2,(H,22,23,24);1H2/t15-,17-,18-,19+;14-,16-,17-,18+;/m11./s1. The molecule has 2 aliphatic heterocycles. The van der Waals surface area contributed by atoms with Gasteiger partial charge in [0.2, 0.25) is 10.6 Å². The van der Waals surface area contributed by atoms with Gasteiger partial charge in [-0.2, -0.15) is 0 Å². The van der Waals surface area contributed by atoms with E-state index >= 15 is 0 Å². The maximum absolute atomic E-state index is 11.9. The third-order valence-corrected chi connectivity index (χ3v) is 21.0. The zero-order valence-corrected chi connectivity index (χ0v) is 45.5. The van der Waals surface area contributed by atoms with E-state index in [0.29, 0.717) is 52.3 Å². The number of hydrogen-bond acceptors (Lipinski definition) is 18. The van der Waals surface area contributed by atoms with E-state index in [2.05, 4.69) is 30.6 Å². The van der Waals surface area contributed by atoms with E-state index in [4.69, 9.17) is 91.9 Å². The summed E-state index contributed by atoms with van der Waals surface area (Å²) in [6, 6.07) is 30.0. The second-order valence-electron chi connectivity index (χ2n) is 16.2. The Morgan fingerprint density at radius 2 is 0.959 bits per heavy atom. The summed E-state index contributed by atoms with van der Waals surface area (Å²) in [6.45, 7) is -0.0581. The molecule has 0 saturated carbocycles. The van der Waals surface area contributed by atoms with Gasteiger partial charge in [0.1, 0.15) is 66.4 Å². The maximum atomic E-state index is 11.9. The van der Waals surface area contributed by atoms with Gasteiger partial charge in [-0.05, 0) is 91.4 Å². The number of benzene rings is 4. The van der Waals surface area contributed by atoms with Gasteiger partial charge in [0.15, 0.2) is 5.90 Å². The third-order valence-electron chi connectivity index (χ3n) is 10.7. The summed E-state index contributed by atoms with van der Waals surface area (Å²) >= 11 is 32.3. The van der Waals surface area contributed by atoms with Gasteiger partial charge in [-0.3, -0.25) is 18.3 Å². The van der Waals surface area contributed by atoms with Crippen LogP contribution < -0.4 is 10.6 Å². The van der Waals surface area contributed by atoms with Crippen molar-refractivity contribution in [3.8, 4) is 0 Å². The van der Waals surface area contributed by atoms with E-state index in [1.165, 1.54) is 0 Å². The number of rotatable bonds is 16. The molecule has 0 spiro atoms. The lowest BCUT2D eigenvalue weighted by Gasteiger charge is -2.18. The minimum Gasteiger partial charge on any atom is -0.394 e. The Labute approximate surface area is 445 Å². The molecule has 73 heavy (non-hydrogen) atoms. The van der Waals surface area contributed by atoms with E-state index in [9.17, 15) is 48.7 Å². The number of aliphatic hydroxyl groups is 5. The molecular formula is C42H46Cl6N6O15P4. The van der Waals surface area contributed by atoms with Gasteiger partial charge in [-0.25, -0.2) is 19.9 Å². The molecule has 0 amide bonds. The first-order valence-electron chi connectivity index (χ1n) is 21.3. The molecule has 396 valence electrons. The van der Waals surface area contributed by atoms with E-state index in [1.807, 2.05) is 66.7 Å². The Hall–Kier alpha value is -2.62. The fourth-order valence-electron chi connectivity index (χ4n) is 7.54. The predicted octanol–water partition coefficient (Wildman–Crippen LogP) is 8.73. The highest BCUT2D eigenvalue weighted by Crippen LogP contribution is 2.72. The molecule has 6 aromatic rings. The first-order valence-corrected chi connectivity index (χ1v) is 33.0. The smallest absolute Gasteiger partial charge is 0.340 e. The largest absolute Gasteiger partial charge is 0.394 e. The minimum absolute atomic E-state index is 0.0576. The molecule has 8 rings (SSSR count). The summed E-state index contributed by atoms with van der Waals surface area (Å²) in [5.74, 6) is -7.65. The summed E-state index contributed by atoms with van der Waals surface area (Å²) in [4.78, 5) is 44.7. The molecule has 2 fully saturated rings. The highest BCUT2D eigenvalue weighted by Gasteiger charge is 2.46. The Morgan fingerprint density at radius 3 is 1.33 bits per heavy atom. The van der Waals surface area contributed by atoms with Crippen molar-refractivity contribution < 1.29 is 72.5 Å². The van der Waals surface area contributed by atoms with E-state index in [1.54, 1.807) is 30.3 Å². The molecule has 4 heterocycles. The minimum atomic E-state index is -4.82. The Morgan fingerprint density at radius 1 is 0.548 bits per heavy atom. The fraction of sp³-hybridized carbons (Fsp3) is 0.333. The maximum Gasteiger partial charge on any atom is 0.340 e. The van der Waals surface area contributed by atoms with Crippen LogP contribution in [0.1, 0.15) is 34.5 Å². The van der Waals surface area contributed by atoms with Crippen LogP contribution in [0, 0.1) is 0 Å². The molecule has 2 aliphatic rings. The Balaban J connectivity index is 0.000000208. The van der Waals surface area contributed by atoms with Crippen LogP contribution in [0.4, 0.5) is 11.6 Å². The normalized spacial score (nSPS) is 23.0. The van der Waals surface area contributed by atoms with Crippen LogP contribution in [-0.4, -0.2) is 122 Å². The molecule has 1 unspecified atom stereocenters. The van der Waals surface area contributed by atoms with Crippen LogP contribution in [0.15, 0.2) is 97.1 Å². The third kappa shape index (κ3) is 17.2. The Kier molecular flexibility index (Phi) is 21.0. The molecule has 2 aromatic heterocycles. The molecule has 0 bridgehead atoms. The van der Waals surface area contributed by atoms with Crippen LogP contribution in [-0.2, 0) is 45.3 Å². The molecule has 4 aromatic carbocycles. The zero-order valence-electron chi connectivity index (χ0n) is 37.4. The number of fused-ring (bicyclic) bond motifs is 2. The average Bonchev–Trinajstić information content (AvgIpc) is 3.76. The molecular weight excluding hydrogens is 1170 g/mol. The molecule has 2 saturated heterocycles. The lowest BCUT2D eigenvalue weighted by Crippen LogP contribution is -2.33. The highest BCUT2D eigenvalue weighted by atomic mass is 35.9. The second-order valence-corrected chi connectivity index (χ2v) is 31.9. The van der Waals surface area contributed by atoms with Crippen molar-refractivity contribution in [2.24, 2.45) is 0 Å². The topological polar surface area (TPSA) is 333 Å². The number of halogens is 6. The number of para-hydroxylation sites is 2. The quantitative estimate of drug-likeness (QED) is 0.0320. The van der Waals surface area contributed by atoms with Crippen molar-refractivity contribution in [2.45, 2.75) is 61.9 Å². The monoisotopic (exact) mass is 1210 g/mol. The Bertz CT molecular complexity index is 3030. The highest BCUT2D eigenvalue weighted by molar-refractivity contribution is 8.21. The van der Waals surface area contributed by atoms with Gasteiger partial charge in [0.25, 0.3) is 11.7 Å². The summed E-state index contributed by atoms with van der Waals surface area (Å²) in [7, 11) is -9.49. The van der Waals surface area contributed by atoms with Gasteiger partial charge in [-0.15, -0.1) is 0 Å². The van der Waals surface area contributed by atoms with Crippen molar-refractivity contribution >= 4 is 128 Å².